The highest BCUT2D eigenvalue weighted by molar-refractivity contribution is 7.13. The number of carboxylic acids is 1. The van der Waals surface area contributed by atoms with Gasteiger partial charge in [0.25, 0.3) is 0 Å². The van der Waals surface area contributed by atoms with Crippen LogP contribution in [0.5, 0.6) is 0 Å². The molecule has 1 aromatic heterocycles. The molecule has 9 heteroatoms. The lowest BCUT2D eigenvalue weighted by atomic mass is 9.96. The predicted octanol–water partition coefficient (Wildman–Crippen LogP) is 3.64. The molecule has 0 aliphatic carbocycles. The summed E-state index contributed by atoms with van der Waals surface area (Å²) < 4.78 is 52.0. The molecule has 25 heavy (non-hydrogen) atoms. The molecule has 0 spiro atoms. The standard InChI is InChI=1S/C16H14F4N2O2S/c17-10-3-1-9(2-4-10)14-21-11(8-25-14)5-22-6-12(15(23)24)13(7-22)16(18,19)20/h1-4,8,12-13H,5-7H2,(H,23,24)/t12-,13-/m1/s1. The predicted molar refractivity (Wildman–Crippen MR) is 83.5 cm³/mol. The van der Waals surface area contributed by atoms with E-state index in [0.717, 1.165) is 5.56 Å². The number of aliphatic carboxylic acids is 1. The molecule has 1 aliphatic heterocycles. The molecule has 0 bridgehead atoms. The van der Waals surface area contributed by atoms with Crippen molar-refractivity contribution in [3.05, 3.63) is 41.2 Å². The number of rotatable bonds is 4. The number of nitrogens with zero attached hydrogens (tertiary/aromatic N) is 2. The van der Waals surface area contributed by atoms with Crippen molar-refractivity contribution >= 4 is 17.3 Å². The number of aromatic nitrogens is 1. The quantitative estimate of drug-likeness (QED) is 0.831. The summed E-state index contributed by atoms with van der Waals surface area (Å²) in [5.41, 5.74) is 1.28. The largest absolute Gasteiger partial charge is 0.481 e. The molecule has 2 atom stereocenters. The van der Waals surface area contributed by atoms with E-state index in [1.807, 2.05) is 0 Å². The van der Waals surface area contributed by atoms with Gasteiger partial charge in [-0.15, -0.1) is 11.3 Å². The van der Waals surface area contributed by atoms with Gasteiger partial charge in [0.15, 0.2) is 0 Å². The number of thiazole rings is 1. The monoisotopic (exact) mass is 374 g/mol. The molecule has 0 radical (unpaired) electrons. The van der Waals surface area contributed by atoms with Gasteiger partial charge in [-0.3, -0.25) is 9.69 Å². The molecule has 4 nitrogen and oxygen atoms in total. The summed E-state index contributed by atoms with van der Waals surface area (Å²) in [5, 5.41) is 11.4. The number of hydrogen-bond acceptors (Lipinski definition) is 4. The van der Waals surface area contributed by atoms with Crippen LogP contribution in [0.1, 0.15) is 5.69 Å². The van der Waals surface area contributed by atoms with Crippen molar-refractivity contribution in [1.82, 2.24) is 9.88 Å². The van der Waals surface area contributed by atoms with Crippen LogP contribution in [-0.4, -0.2) is 40.2 Å². The Morgan fingerprint density at radius 1 is 1.28 bits per heavy atom. The maximum atomic E-state index is 13.0. The molecule has 0 saturated carbocycles. The van der Waals surface area contributed by atoms with Gasteiger partial charge in [-0.2, -0.15) is 13.2 Å². The lowest BCUT2D eigenvalue weighted by Crippen LogP contribution is -2.33. The summed E-state index contributed by atoms with van der Waals surface area (Å²) in [7, 11) is 0. The zero-order chi connectivity index (χ0) is 18.2. The van der Waals surface area contributed by atoms with E-state index in [1.54, 1.807) is 17.5 Å². The van der Waals surface area contributed by atoms with E-state index in [9.17, 15) is 22.4 Å². The van der Waals surface area contributed by atoms with E-state index in [0.29, 0.717) is 10.7 Å². The Morgan fingerprint density at radius 3 is 2.52 bits per heavy atom. The minimum absolute atomic E-state index is 0.147. The van der Waals surface area contributed by atoms with Crippen molar-refractivity contribution in [2.75, 3.05) is 13.1 Å². The van der Waals surface area contributed by atoms with Gasteiger partial charge in [0.1, 0.15) is 10.8 Å². The fourth-order valence-corrected chi connectivity index (χ4v) is 3.75. The van der Waals surface area contributed by atoms with E-state index in [-0.39, 0.29) is 25.5 Å². The molecule has 134 valence electrons. The molecule has 1 aliphatic rings. The highest BCUT2D eigenvalue weighted by Crippen LogP contribution is 2.38. The highest BCUT2D eigenvalue weighted by atomic mass is 32.1. The van der Waals surface area contributed by atoms with Crippen LogP contribution in [0.25, 0.3) is 10.6 Å². The molecule has 2 heterocycles. The van der Waals surface area contributed by atoms with E-state index < -0.39 is 24.0 Å². The van der Waals surface area contributed by atoms with Crippen LogP contribution in [0.3, 0.4) is 0 Å². The van der Waals surface area contributed by atoms with Crippen LogP contribution >= 0.6 is 11.3 Å². The van der Waals surface area contributed by atoms with E-state index in [1.165, 1.54) is 28.4 Å². The van der Waals surface area contributed by atoms with Crippen molar-refractivity contribution in [2.45, 2.75) is 12.7 Å². The van der Waals surface area contributed by atoms with Crippen LogP contribution < -0.4 is 0 Å². The van der Waals surface area contributed by atoms with E-state index in [2.05, 4.69) is 4.98 Å². The first-order valence-electron chi connectivity index (χ1n) is 7.46. The number of carbonyl (C=O) groups is 1. The van der Waals surface area contributed by atoms with Crippen molar-refractivity contribution in [2.24, 2.45) is 11.8 Å². The van der Waals surface area contributed by atoms with Crippen LogP contribution in [0.15, 0.2) is 29.6 Å². The third kappa shape index (κ3) is 3.98. The van der Waals surface area contributed by atoms with Crippen LogP contribution in [0.2, 0.25) is 0 Å². The summed E-state index contributed by atoms with van der Waals surface area (Å²) in [5.74, 6) is -5.14. The van der Waals surface area contributed by atoms with E-state index in [4.69, 9.17) is 5.11 Å². The van der Waals surface area contributed by atoms with Gasteiger partial charge in [0.2, 0.25) is 0 Å². The second kappa shape index (κ2) is 6.72. The maximum absolute atomic E-state index is 13.0. The number of alkyl halides is 3. The topological polar surface area (TPSA) is 53.4 Å². The lowest BCUT2D eigenvalue weighted by Gasteiger charge is -2.18. The first-order chi connectivity index (χ1) is 11.7. The van der Waals surface area contributed by atoms with Gasteiger partial charge < -0.3 is 5.11 Å². The fourth-order valence-electron chi connectivity index (χ4n) is 2.93. The number of hydrogen-bond donors (Lipinski definition) is 1. The Hall–Kier alpha value is -2.00. The van der Waals surface area contributed by atoms with Crippen molar-refractivity contribution in [1.29, 1.82) is 0 Å². The number of benzene rings is 1. The minimum Gasteiger partial charge on any atom is -0.481 e. The molecule has 3 rings (SSSR count). The van der Waals surface area contributed by atoms with Gasteiger partial charge in [0.05, 0.1) is 17.5 Å². The zero-order valence-corrected chi connectivity index (χ0v) is 13.6. The third-order valence-electron chi connectivity index (χ3n) is 4.16. The highest BCUT2D eigenvalue weighted by Gasteiger charge is 2.52. The first-order valence-corrected chi connectivity index (χ1v) is 8.34. The van der Waals surface area contributed by atoms with Crippen LogP contribution in [0, 0.1) is 17.7 Å². The molecule has 0 amide bonds. The summed E-state index contributed by atoms with van der Waals surface area (Å²) in [6.45, 7) is -0.374. The second-order valence-corrected chi connectivity index (χ2v) is 6.80. The van der Waals surface area contributed by atoms with Crippen molar-refractivity contribution in [3.8, 4) is 10.6 Å². The molecule has 2 aromatic rings. The molecule has 1 N–H and O–H groups in total. The molecule has 0 unspecified atom stereocenters. The fraction of sp³-hybridized carbons (Fsp3) is 0.375. The smallest absolute Gasteiger partial charge is 0.393 e. The number of likely N-dealkylation sites (tertiary alicyclic amines) is 1. The average molecular weight is 374 g/mol. The van der Waals surface area contributed by atoms with Crippen LogP contribution in [-0.2, 0) is 11.3 Å². The summed E-state index contributed by atoms with van der Waals surface area (Å²) in [6, 6.07) is 5.77. The van der Waals surface area contributed by atoms with Crippen LogP contribution in [0.4, 0.5) is 17.6 Å². The van der Waals surface area contributed by atoms with Gasteiger partial charge >= 0.3 is 12.1 Å². The number of carboxylic acid groups (broad SMARTS) is 1. The maximum Gasteiger partial charge on any atom is 0.393 e. The van der Waals surface area contributed by atoms with Gasteiger partial charge in [0, 0.05) is 30.6 Å². The van der Waals surface area contributed by atoms with Gasteiger partial charge in [-0.25, -0.2) is 9.37 Å². The third-order valence-corrected chi connectivity index (χ3v) is 5.10. The molecule has 1 fully saturated rings. The number of halogens is 4. The SMILES string of the molecule is O=C(O)[C@@H]1CN(Cc2csc(-c3ccc(F)cc3)n2)C[C@H]1C(F)(F)F. The molecule has 1 aromatic carbocycles. The Bertz CT molecular complexity index is 760. The lowest BCUT2D eigenvalue weighted by molar-refractivity contribution is -0.188. The zero-order valence-electron chi connectivity index (χ0n) is 12.8. The Kier molecular flexibility index (Phi) is 4.79. The Morgan fingerprint density at radius 2 is 1.96 bits per heavy atom. The van der Waals surface area contributed by atoms with Gasteiger partial charge in [-0.1, -0.05) is 0 Å². The van der Waals surface area contributed by atoms with Gasteiger partial charge in [-0.05, 0) is 24.3 Å². The Balaban J connectivity index is 1.71. The van der Waals surface area contributed by atoms with Crippen molar-refractivity contribution in [3.63, 3.8) is 0 Å². The first kappa shape index (κ1) is 17.8. The molecular weight excluding hydrogens is 360 g/mol. The second-order valence-electron chi connectivity index (χ2n) is 5.94. The summed E-state index contributed by atoms with van der Waals surface area (Å²) in [4.78, 5) is 16.9. The molecule has 1 saturated heterocycles. The Labute approximate surface area is 144 Å². The summed E-state index contributed by atoms with van der Waals surface area (Å²) >= 11 is 1.31. The molecular formula is C16H14F4N2O2S. The van der Waals surface area contributed by atoms with Crippen molar-refractivity contribution < 1.29 is 27.5 Å². The van der Waals surface area contributed by atoms with E-state index >= 15 is 0 Å². The minimum atomic E-state index is -4.54. The summed E-state index contributed by atoms with van der Waals surface area (Å²) in [6.07, 6.45) is -4.54. The average Bonchev–Trinajstić information content (AvgIpc) is 3.15. The normalized spacial score (nSPS) is 21.6.